The Morgan fingerprint density at radius 1 is 1.21 bits per heavy atom. The van der Waals surface area contributed by atoms with Gasteiger partial charge in [-0.2, -0.15) is 0 Å². The van der Waals surface area contributed by atoms with Crippen LogP contribution < -0.4 is 10.6 Å². The fourth-order valence-electron chi connectivity index (χ4n) is 3.25. The van der Waals surface area contributed by atoms with Crippen molar-refractivity contribution in [2.24, 2.45) is 11.3 Å². The molecule has 0 aromatic rings. The lowest BCUT2D eigenvalue weighted by atomic mass is 9.89. The topological polar surface area (TPSA) is 41.1 Å². The molecule has 0 saturated carbocycles. The summed E-state index contributed by atoms with van der Waals surface area (Å²) >= 11 is 0. The highest BCUT2D eigenvalue weighted by Gasteiger charge is 2.34. The molecule has 2 atom stereocenters. The van der Waals surface area contributed by atoms with E-state index >= 15 is 0 Å². The van der Waals surface area contributed by atoms with Gasteiger partial charge < -0.3 is 10.6 Å². The molecule has 0 radical (unpaired) electrons. The molecular weight excluding hydrogens is 260 g/mol. The Labute approximate surface area is 123 Å². The second-order valence-electron chi connectivity index (χ2n) is 7.34. The first-order valence-corrected chi connectivity index (χ1v) is 7.45. The summed E-state index contributed by atoms with van der Waals surface area (Å²) in [5, 5.41) is 6.70. The molecule has 0 aromatic carbocycles. The van der Waals surface area contributed by atoms with Crippen molar-refractivity contribution >= 4 is 18.3 Å². The summed E-state index contributed by atoms with van der Waals surface area (Å²) in [5.41, 5.74) is 0.307. The zero-order valence-corrected chi connectivity index (χ0v) is 13.3. The Balaban J connectivity index is 0.00000180. The van der Waals surface area contributed by atoms with Crippen molar-refractivity contribution in [1.29, 1.82) is 0 Å². The Morgan fingerprint density at radius 3 is 2.32 bits per heavy atom. The lowest BCUT2D eigenvalue weighted by molar-refractivity contribution is -0.122. The third-order valence-electron chi connectivity index (χ3n) is 4.24. The maximum Gasteiger partial charge on any atom is 0.220 e. The number of rotatable bonds is 4. The first-order chi connectivity index (χ1) is 8.42. The predicted molar refractivity (Wildman–Crippen MR) is 81.6 cm³/mol. The van der Waals surface area contributed by atoms with Gasteiger partial charge in [-0.05, 0) is 43.4 Å². The van der Waals surface area contributed by atoms with Gasteiger partial charge in [-0.3, -0.25) is 4.79 Å². The molecule has 3 nitrogen and oxygen atoms in total. The van der Waals surface area contributed by atoms with E-state index in [0.29, 0.717) is 23.4 Å². The largest absolute Gasteiger partial charge is 0.356 e. The van der Waals surface area contributed by atoms with E-state index in [4.69, 9.17) is 0 Å². The number of carbonyl (C=O) groups excluding carboxylic acids is 1. The number of piperidine rings is 1. The Morgan fingerprint density at radius 2 is 1.79 bits per heavy atom. The van der Waals surface area contributed by atoms with Crippen LogP contribution in [0.2, 0.25) is 0 Å². The van der Waals surface area contributed by atoms with Crippen molar-refractivity contribution in [3.05, 3.63) is 0 Å². The summed E-state index contributed by atoms with van der Waals surface area (Å²) in [6.45, 7) is 7.46. The zero-order chi connectivity index (χ0) is 13.2. The molecule has 0 aromatic heterocycles. The van der Waals surface area contributed by atoms with E-state index in [0.717, 1.165) is 19.4 Å². The second-order valence-corrected chi connectivity index (χ2v) is 7.34. The quantitative estimate of drug-likeness (QED) is 0.835. The van der Waals surface area contributed by atoms with Crippen molar-refractivity contribution in [3.8, 4) is 0 Å². The van der Waals surface area contributed by atoms with Crippen molar-refractivity contribution in [2.45, 2.75) is 71.4 Å². The highest BCUT2D eigenvalue weighted by molar-refractivity contribution is 5.85. The Bertz CT molecular complexity index is 289. The summed E-state index contributed by atoms with van der Waals surface area (Å²) in [4.78, 5) is 11.9. The van der Waals surface area contributed by atoms with Crippen LogP contribution in [-0.4, -0.2) is 24.5 Å². The minimum Gasteiger partial charge on any atom is -0.356 e. The van der Waals surface area contributed by atoms with Crippen LogP contribution in [0.5, 0.6) is 0 Å². The molecule has 2 fully saturated rings. The third-order valence-corrected chi connectivity index (χ3v) is 4.24. The summed E-state index contributed by atoms with van der Waals surface area (Å²) in [6, 6.07) is 1.38. The number of amides is 1. The molecule has 2 N–H and O–H groups in total. The van der Waals surface area contributed by atoms with Gasteiger partial charge in [0.25, 0.3) is 0 Å². The molecule has 0 spiro atoms. The van der Waals surface area contributed by atoms with E-state index in [1.807, 2.05) is 0 Å². The van der Waals surface area contributed by atoms with Crippen LogP contribution >= 0.6 is 12.4 Å². The average Bonchev–Trinajstić information content (AvgIpc) is 2.56. The number of carbonyl (C=O) groups is 1. The van der Waals surface area contributed by atoms with Crippen LogP contribution in [0.3, 0.4) is 0 Å². The van der Waals surface area contributed by atoms with Gasteiger partial charge in [0.15, 0.2) is 0 Å². The fraction of sp³-hybridized carbons (Fsp3) is 0.933. The van der Waals surface area contributed by atoms with E-state index in [2.05, 4.69) is 31.4 Å². The molecule has 112 valence electrons. The van der Waals surface area contributed by atoms with Crippen LogP contribution in [0.4, 0.5) is 0 Å². The maximum absolute atomic E-state index is 11.9. The van der Waals surface area contributed by atoms with Crippen molar-refractivity contribution < 1.29 is 4.79 Å². The molecule has 2 aliphatic heterocycles. The fourth-order valence-corrected chi connectivity index (χ4v) is 3.25. The average molecular weight is 289 g/mol. The van der Waals surface area contributed by atoms with Crippen molar-refractivity contribution in [1.82, 2.24) is 10.6 Å². The highest BCUT2D eigenvalue weighted by atomic mass is 35.5. The van der Waals surface area contributed by atoms with Crippen LogP contribution in [0.25, 0.3) is 0 Å². The number of fused-ring (bicyclic) bond motifs is 2. The monoisotopic (exact) mass is 288 g/mol. The minimum atomic E-state index is 0. The van der Waals surface area contributed by atoms with Crippen LogP contribution in [0.1, 0.15) is 59.3 Å². The lowest BCUT2D eigenvalue weighted by Gasteiger charge is -2.28. The van der Waals surface area contributed by atoms with Gasteiger partial charge >= 0.3 is 0 Å². The van der Waals surface area contributed by atoms with Gasteiger partial charge in [0.05, 0.1) is 0 Å². The first-order valence-electron chi connectivity index (χ1n) is 7.45. The molecule has 2 heterocycles. The van der Waals surface area contributed by atoms with Crippen LogP contribution in [0.15, 0.2) is 0 Å². The van der Waals surface area contributed by atoms with Gasteiger partial charge in [0.2, 0.25) is 5.91 Å². The zero-order valence-electron chi connectivity index (χ0n) is 12.5. The lowest BCUT2D eigenvalue weighted by Crippen LogP contribution is -2.40. The summed E-state index contributed by atoms with van der Waals surface area (Å²) in [6.07, 6.45) is 6.81. The molecule has 2 rings (SSSR count). The number of hydrogen-bond acceptors (Lipinski definition) is 2. The summed E-state index contributed by atoms with van der Waals surface area (Å²) in [7, 11) is 0. The molecule has 2 saturated heterocycles. The van der Waals surface area contributed by atoms with Gasteiger partial charge in [0, 0.05) is 25.0 Å². The van der Waals surface area contributed by atoms with E-state index in [-0.39, 0.29) is 18.3 Å². The maximum atomic E-state index is 11.9. The molecule has 2 aliphatic rings. The molecule has 2 unspecified atom stereocenters. The molecular formula is C15H29ClN2O. The Hall–Kier alpha value is -0.280. The number of nitrogens with one attached hydrogen (secondary N) is 2. The van der Waals surface area contributed by atoms with Gasteiger partial charge in [-0.1, -0.05) is 20.8 Å². The molecule has 1 amide bonds. The minimum absolute atomic E-state index is 0. The van der Waals surface area contributed by atoms with E-state index in [1.165, 1.54) is 25.7 Å². The normalized spacial score (nSPS) is 29.7. The van der Waals surface area contributed by atoms with E-state index in [9.17, 15) is 4.79 Å². The van der Waals surface area contributed by atoms with Gasteiger partial charge in [-0.15, -0.1) is 12.4 Å². The van der Waals surface area contributed by atoms with Crippen molar-refractivity contribution in [3.63, 3.8) is 0 Å². The van der Waals surface area contributed by atoms with E-state index in [1.54, 1.807) is 0 Å². The predicted octanol–water partition coefficient (Wildman–Crippen LogP) is 2.88. The number of halogens is 1. The standard InChI is InChI=1S/C15H28N2O.ClH/c1-15(2,3)6-7-16-14(18)10-11-8-12-4-5-13(9-11)17-12;/h11-13,17H,4-10H2,1-3H3,(H,16,18);1H. The molecule has 4 heteroatoms. The van der Waals surface area contributed by atoms with Crippen molar-refractivity contribution in [2.75, 3.05) is 6.54 Å². The smallest absolute Gasteiger partial charge is 0.220 e. The summed E-state index contributed by atoms with van der Waals surface area (Å²) < 4.78 is 0. The van der Waals surface area contributed by atoms with Crippen LogP contribution in [-0.2, 0) is 4.79 Å². The Kier molecular flexibility index (Phi) is 6.13. The third kappa shape index (κ3) is 5.70. The van der Waals surface area contributed by atoms with Gasteiger partial charge in [0.1, 0.15) is 0 Å². The number of hydrogen-bond donors (Lipinski definition) is 2. The SMILES string of the molecule is CC(C)(C)CCNC(=O)CC1CC2CCC(C1)N2.Cl. The molecule has 19 heavy (non-hydrogen) atoms. The molecule has 0 aliphatic carbocycles. The summed E-state index contributed by atoms with van der Waals surface area (Å²) in [5.74, 6) is 0.865. The van der Waals surface area contributed by atoms with Crippen LogP contribution in [0, 0.1) is 11.3 Å². The first kappa shape index (κ1) is 16.8. The highest BCUT2D eigenvalue weighted by Crippen LogP contribution is 2.32. The second kappa shape index (κ2) is 6.94. The molecule has 2 bridgehead atoms. The van der Waals surface area contributed by atoms with E-state index < -0.39 is 0 Å². The van der Waals surface area contributed by atoms with Gasteiger partial charge in [-0.25, -0.2) is 0 Å².